The third-order valence-electron chi connectivity index (χ3n) is 3.51. The zero-order valence-corrected chi connectivity index (χ0v) is 14.2. The molecule has 2 amide bonds. The first kappa shape index (κ1) is 18.3. The van der Waals surface area contributed by atoms with Crippen molar-refractivity contribution in [3.63, 3.8) is 0 Å². The second kappa shape index (κ2) is 9.32. The molecule has 2 aromatic carbocycles. The minimum Gasteiger partial charge on any atom is -0.493 e. The van der Waals surface area contributed by atoms with E-state index in [1.165, 1.54) is 18.3 Å². The predicted octanol–water partition coefficient (Wildman–Crippen LogP) is 3.36. The van der Waals surface area contributed by atoms with Gasteiger partial charge in [-0.05, 0) is 47.9 Å². The summed E-state index contributed by atoms with van der Waals surface area (Å²) in [5.74, 6) is 1.03. The van der Waals surface area contributed by atoms with Gasteiger partial charge in [0.25, 0.3) is 0 Å². The molecule has 0 unspecified atom stereocenters. The Morgan fingerprint density at radius 1 is 1.08 bits per heavy atom. The number of amides is 2. The maximum absolute atomic E-state index is 12.8. The molecular formula is C19H21FN2O3. The smallest absolute Gasteiger partial charge is 0.318 e. The number of carbonyl (C=O) groups is 1. The lowest BCUT2D eigenvalue weighted by Crippen LogP contribution is -2.33. The van der Waals surface area contributed by atoms with Gasteiger partial charge in [0.1, 0.15) is 5.82 Å². The Balaban J connectivity index is 1.76. The van der Waals surface area contributed by atoms with Crippen molar-refractivity contribution in [3.05, 3.63) is 65.6 Å². The van der Waals surface area contributed by atoms with Crippen LogP contribution in [0.25, 0.3) is 6.08 Å². The number of methoxy groups -OCH3 is 2. The highest BCUT2D eigenvalue weighted by atomic mass is 19.1. The average Bonchev–Trinajstić information content (AvgIpc) is 2.63. The van der Waals surface area contributed by atoms with Crippen LogP contribution in [0.15, 0.2) is 48.7 Å². The predicted molar refractivity (Wildman–Crippen MR) is 95.2 cm³/mol. The number of rotatable bonds is 7. The first-order chi connectivity index (χ1) is 12.1. The van der Waals surface area contributed by atoms with Gasteiger partial charge in [-0.15, -0.1) is 0 Å². The molecule has 2 aromatic rings. The average molecular weight is 344 g/mol. The first-order valence-corrected chi connectivity index (χ1v) is 7.80. The highest BCUT2D eigenvalue weighted by molar-refractivity contribution is 5.75. The normalized spacial score (nSPS) is 10.5. The summed E-state index contributed by atoms with van der Waals surface area (Å²) in [5, 5.41) is 5.36. The van der Waals surface area contributed by atoms with E-state index in [-0.39, 0.29) is 11.8 Å². The van der Waals surface area contributed by atoms with Crippen molar-refractivity contribution >= 4 is 12.1 Å². The molecule has 132 valence electrons. The van der Waals surface area contributed by atoms with Crippen LogP contribution in [0.1, 0.15) is 11.1 Å². The van der Waals surface area contributed by atoms with Crippen LogP contribution in [0, 0.1) is 5.82 Å². The molecule has 0 aliphatic heterocycles. The maximum Gasteiger partial charge on any atom is 0.318 e. The largest absolute Gasteiger partial charge is 0.493 e. The minimum atomic E-state index is -0.307. The second-order valence-electron chi connectivity index (χ2n) is 5.22. The van der Waals surface area contributed by atoms with E-state index >= 15 is 0 Å². The van der Waals surface area contributed by atoms with Gasteiger partial charge in [0.15, 0.2) is 11.5 Å². The van der Waals surface area contributed by atoms with Crippen LogP contribution < -0.4 is 20.1 Å². The van der Waals surface area contributed by atoms with E-state index in [2.05, 4.69) is 10.6 Å². The number of benzene rings is 2. The monoisotopic (exact) mass is 344 g/mol. The van der Waals surface area contributed by atoms with Gasteiger partial charge in [0.05, 0.1) is 14.2 Å². The lowest BCUT2D eigenvalue weighted by Gasteiger charge is -2.10. The van der Waals surface area contributed by atoms with Crippen molar-refractivity contribution in [2.45, 2.75) is 6.42 Å². The lowest BCUT2D eigenvalue weighted by molar-refractivity contribution is 0.244. The van der Waals surface area contributed by atoms with E-state index < -0.39 is 0 Å². The van der Waals surface area contributed by atoms with Gasteiger partial charge < -0.3 is 20.1 Å². The summed E-state index contributed by atoms with van der Waals surface area (Å²) >= 11 is 0. The van der Waals surface area contributed by atoms with Crippen LogP contribution >= 0.6 is 0 Å². The van der Waals surface area contributed by atoms with Gasteiger partial charge >= 0.3 is 6.03 Å². The van der Waals surface area contributed by atoms with Crippen LogP contribution in [-0.2, 0) is 6.42 Å². The molecule has 0 atom stereocenters. The Bertz CT molecular complexity index is 730. The van der Waals surface area contributed by atoms with E-state index in [0.717, 1.165) is 11.1 Å². The Morgan fingerprint density at radius 2 is 1.80 bits per heavy atom. The maximum atomic E-state index is 12.8. The summed E-state index contributed by atoms with van der Waals surface area (Å²) in [4.78, 5) is 11.7. The summed E-state index contributed by atoms with van der Waals surface area (Å²) in [6.45, 7) is 0.478. The molecule has 25 heavy (non-hydrogen) atoms. The van der Waals surface area contributed by atoms with E-state index in [1.807, 2.05) is 18.2 Å². The van der Waals surface area contributed by atoms with E-state index in [1.54, 1.807) is 32.4 Å². The van der Waals surface area contributed by atoms with Crippen LogP contribution in [0.3, 0.4) is 0 Å². The molecule has 0 aromatic heterocycles. The van der Waals surface area contributed by atoms with Gasteiger partial charge in [-0.25, -0.2) is 9.18 Å². The van der Waals surface area contributed by atoms with Gasteiger partial charge in [0, 0.05) is 12.7 Å². The summed E-state index contributed by atoms with van der Waals surface area (Å²) in [5.41, 5.74) is 1.83. The SMILES string of the molecule is COc1ccc(CCNC(=O)N/C=C/c2ccc(F)cc2)cc1OC. The fraction of sp³-hybridized carbons (Fsp3) is 0.211. The third-order valence-corrected chi connectivity index (χ3v) is 3.51. The van der Waals surface area contributed by atoms with Crippen molar-refractivity contribution in [3.8, 4) is 11.5 Å². The van der Waals surface area contributed by atoms with Crippen molar-refractivity contribution < 1.29 is 18.7 Å². The molecule has 0 heterocycles. The Kier molecular flexibility index (Phi) is 6.83. The molecular weight excluding hydrogens is 323 g/mol. The summed E-state index contributed by atoms with van der Waals surface area (Å²) in [6.07, 6.45) is 3.86. The van der Waals surface area contributed by atoms with Crippen LogP contribution in [0.4, 0.5) is 9.18 Å². The molecule has 0 aliphatic rings. The minimum absolute atomic E-state index is 0.294. The molecule has 0 aliphatic carbocycles. The van der Waals surface area contributed by atoms with Gasteiger partial charge in [-0.3, -0.25) is 0 Å². The lowest BCUT2D eigenvalue weighted by atomic mass is 10.1. The molecule has 6 heteroatoms. The second-order valence-corrected chi connectivity index (χ2v) is 5.22. The molecule has 0 spiro atoms. The van der Waals surface area contributed by atoms with E-state index in [9.17, 15) is 9.18 Å². The Hall–Kier alpha value is -3.02. The Morgan fingerprint density at radius 3 is 2.48 bits per heavy atom. The highest BCUT2D eigenvalue weighted by Crippen LogP contribution is 2.27. The zero-order valence-electron chi connectivity index (χ0n) is 14.2. The molecule has 0 bridgehead atoms. The van der Waals surface area contributed by atoms with Crippen molar-refractivity contribution in [2.75, 3.05) is 20.8 Å². The first-order valence-electron chi connectivity index (χ1n) is 7.80. The molecule has 5 nitrogen and oxygen atoms in total. The molecule has 0 saturated heterocycles. The van der Waals surface area contributed by atoms with Crippen molar-refractivity contribution in [2.24, 2.45) is 0 Å². The van der Waals surface area contributed by atoms with Crippen LogP contribution in [-0.4, -0.2) is 26.8 Å². The Labute approximate surface area is 146 Å². The number of ether oxygens (including phenoxy) is 2. The molecule has 0 fully saturated rings. The van der Waals surface area contributed by atoms with Gasteiger partial charge in [0.2, 0.25) is 0 Å². The molecule has 2 N–H and O–H groups in total. The van der Waals surface area contributed by atoms with Gasteiger partial charge in [-0.2, -0.15) is 0 Å². The summed E-state index contributed by atoms with van der Waals surface area (Å²) < 4.78 is 23.2. The molecule has 0 radical (unpaired) electrons. The molecule has 2 rings (SSSR count). The number of urea groups is 1. The number of carbonyl (C=O) groups excluding carboxylic acids is 1. The zero-order chi connectivity index (χ0) is 18.1. The summed E-state index contributed by atoms with van der Waals surface area (Å²) in [6, 6.07) is 11.3. The van der Waals surface area contributed by atoms with Gasteiger partial charge in [-0.1, -0.05) is 18.2 Å². The third kappa shape index (κ3) is 5.84. The fourth-order valence-corrected chi connectivity index (χ4v) is 2.20. The number of hydrogen-bond donors (Lipinski definition) is 2. The quantitative estimate of drug-likeness (QED) is 0.810. The van der Waals surface area contributed by atoms with Crippen LogP contribution in [0.5, 0.6) is 11.5 Å². The van der Waals surface area contributed by atoms with E-state index in [4.69, 9.17) is 9.47 Å². The topological polar surface area (TPSA) is 59.6 Å². The number of nitrogens with one attached hydrogen (secondary N) is 2. The van der Waals surface area contributed by atoms with E-state index in [0.29, 0.717) is 24.5 Å². The fourth-order valence-electron chi connectivity index (χ4n) is 2.20. The van der Waals surface area contributed by atoms with Crippen LogP contribution in [0.2, 0.25) is 0 Å². The molecule has 0 saturated carbocycles. The standard InChI is InChI=1S/C19H21FN2O3/c1-24-17-8-5-15(13-18(17)25-2)10-12-22-19(23)21-11-9-14-3-6-16(20)7-4-14/h3-9,11,13H,10,12H2,1-2H3,(H2,21,22,23)/b11-9+. The van der Waals surface area contributed by atoms with Crippen molar-refractivity contribution in [1.29, 1.82) is 0 Å². The summed E-state index contributed by atoms with van der Waals surface area (Å²) in [7, 11) is 3.17. The highest BCUT2D eigenvalue weighted by Gasteiger charge is 2.05. The number of halogens is 1. The van der Waals surface area contributed by atoms with Crippen molar-refractivity contribution in [1.82, 2.24) is 10.6 Å². The number of hydrogen-bond acceptors (Lipinski definition) is 3.